The van der Waals surface area contributed by atoms with E-state index in [1.807, 2.05) is 6.92 Å². The van der Waals surface area contributed by atoms with Crippen molar-refractivity contribution in [2.24, 2.45) is 16.9 Å². The Morgan fingerprint density at radius 3 is 1.44 bits per heavy atom. The Balaban J connectivity index is 4.14. The second-order valence-corrected chi connectivity index (χ2v) is 3.87. The van der Waals surface area contributed by atoms with E-state index in [0.29, 0.717) is 6.54 Å². The summed E-state index contributed by atoms with van der Waals surface area (Å²) in [6.45, 7) is 8.81. The van der Waals surface area contributed by atoms with Crippen molar-refractivity contribution in [1.29, 1.82) is 0 Å². The monoisotopic (exact) mass is 130 g/mol. The Hall–Kier alpha value is -0.0800. The molecule has 0 aliphatic heterocycles. The van der Waals surface area contributed by atoms with Gasteiger partial charge >= 0.3 is 0 Å². The largest absolute Gasteiger partial charge is 0.329 e. The second-order valence-electron chi connectivity index (χ2n) is 3.87. The molecule has 1 unspecified atom stereocenters. The zero-order chi connectivity index (χ0) is 7.71. The summed E-state index contributed by atoms with van der Waals surface area (Å²) in [5, 5.41) is 0. The normalized spacial score (nSPS) is 19.3. The lowest BCUT2D eigenvalue weighted by molar-refractivity contribution is 0.216. The van der Waals surface area contributed by atoms with Gasteiger partial charge in [0, 0.05) is 12.1 Å². The highest BCUT2D eigenvalue weighted by Crippen LogP contribution is 2.25. The van der Waals surface area contributed by atoms with Gasteiger partial charge in [0.05, 0.1) is 0 Å². The minimum atomic E-state index is -0.243. The standard InChI is InChI=1S/C7H18N2/c1-6(2,3)7(4,9)5-8/h5,8-9H2,1-4H3. The summed E-state index contributed by atoms with van der Waals surface area (Å²) in [4.78, 5) is 0. The van der Waals surface area contributed by atoms with Gasteiger partial charge in [0.2, 0.25) is 0 Å². The highest BCUT2D eigenvalue weighted by atomic mass is 14.8. The maximum Gasteiger partial charge on any atom is 0.0299 e. The number of nitrogens with two attached hydrogens (primary N) is 2. The van der Waals surface area contributed by atoms with Crippen molar-refractivity contribution in [2.45, 2.75) is 33.2 Å². The maximum absolute atomic E-state index is 5.87. The van der Waals surface area contributed by atoms with Crippen molar-refractivity contribution in [1.82, 2.24) is 0 Å². The predicted molar refractivity (Wildman–Crippen MR) is 41.1 cm³/mol. The molecule has 56 valence electrons. The van der Waals surface area contributed by atoms with Crippen LogP contribution in [0.2, 0.25) is 0 Å². The first-order valence-corrected chi connectivity index (χ1v) is 3.30. The van der Waals surface area contributed by atoms with Crippen molar-refractivity contribution < 1.29 is 0 Å². The minimum Gasteiger partial charge on any atom is -0.329 e. The molecule has 0 radical (unpaired) electrons. The molecular weight excluding hydrogens is 112 g/mol. The van der Waals surface area contributed by atoms with E-state index in [1.165, 1.54) is 0 Å². The molecule has 0 rings (SSSR count). The fourth-order valence-electron chi connectivity index (χ4n) is 0.306. The number of rotatable bonds is 1. The summed E-state index contributed by atoms with van der Waals surface area (Å²) in [6, 6.07) is 0. The van der Waals surface area contributed by atoms with Gasteiger partial charge in [-0.3, -0.25) is 0 Å². The molecule has 0 aromatic rings. The van der Waals surface area contributed by atoms with E-state index >= 15 is 0 Å². The third-order valence-electron chi connectivity index (χ3n) is 2.14. The average molecular weight is 130 g/mol. The molecule has 0 heterocycles. The van der Waals surface area contributed by atoms with Gasteiger partial charge in [-0.15, -0.1) is 0 Å². The van der Waals surface area contributed by atoms with Gasteiger partial charge in [-0.1, -0.05) is 20.8 Å². The van der Waals surface area contributed by atoms with Crippen molar-refractivity contribution in [3.63, 3.8) is 0 Å². The molecule has 0 aromatic heterocycles. The maximum atomic E-state index is 5.87. The Labute approximate surface area is 57.6 Å². The van der Waals surface area contributed by atoms with Crippen molar-refractivity contribution >= 4 is 0 Å². The predicted octanol–water partition coefficient (Wildman–Crippen LogP) is 0.709. The molecule has 0 bridgehead atoms. The first-order valence-electron chi connectivity index (χ1n) is 3.30. The summed E-state index contributed by atoms with van der Waals surface area (Å²) in [5.41, 5.74) is 11.2. The van der Waals surface area contributed by atoms with Gasteiger partial charge in [0.15, 0.2) is 0 Å². The first-order chi connectivity index (χ1) is 3.81. The molecule has 9 heavy (non-hydrogen) atoms. The summed E-state index contributed by atoms with van der Waals surface area (Å²) < 4.78 is 0. The van der Waals surface area contributed by atoms with E-state index < -0.39 is 0 Å². The summed E-state index contributed by atoms with van der Waals surface area (Å²) >= 11 is 0. The van der Waals surface area contributed by atoms with Gasteiger partial charge < -0.3 is 11.5 Å². The van der Waals surface area contributed by atoms with E-state index in [2.05, 4.69) is 20.8 Å². The van der Waals surface area contributed by atoms with Crippen LogP contribution in [0.1, 0.15) is 27.7 Å². The summed E-state index contributed by atoms with van der Waals surface area (Å²) in [5.74, 6) is 0. The lowest BCUT2D eigenvalue weighted by Crippen LogP contribution is -2.54. The molecule has 0 amide bonds. The molecule has 0 fully saturated rings. The Morgan fingerprint density at radius 2 is 1.44 bits per heavy atom. The molecule has 4 N–H and O–H groups in total. The molecular formula is C7H18N2. The molecule has 1 atom stereocenters. The summed E-state index contributed by atoms with van der Waals surface area (Å²) in [6.07, 6.45) is 0. The number of hydrogen-bond acceptors (Lipinski definition) is 2. The smallest absolute Gasteiger partial charge is 0.0299 e. The van der Waals surface area contributed by atoms with Crippen molar-refractivity contribution in [3.05, 3.63) is 0 Å². The van der Waals surface area contributed by atoms with Crippen molar-refractivity contribution in [3.8, 4) is 0 Å². The third kappa shape index (κ3) is 1.95. The molecule has 0 aliphatic rings. The summed E-state index contributed by atoms with van der Waals surface area (Å²) in [7, 11) is 0. The van der Waals surface area contributed by atoms with Gasteiger partial charge in [0.1, 0.15) is 0 Å². The van der Waals surface area contributed by atoms with E-state index in [1.54, 1.807) is 0 Å². The van der Waals surface area contributed by atoms with Crippen LogP contribution >= 0.6 is 0 Å². The molecule has 2 nitrogen and oxygen atoms in total. The van der Waals surface area contributed by atoms with Crippen LogP contribution in [0, 0.1) is 5.41 Å². The third-order valence-corrected chi connectivity index (χ3v) is 2.14. The Bertz CT molecular complexity index is 89.6. The van der Waals surface area contributed by atoms with Crippen molar-refractivity contribution in [2.75, 3.05) is 6.54 Å². The van der Waals surface area contributed by atoms with Gasteiger partial charge in [-0.05, 0) is 12.3 Å². The molecule has 0 spiro atoms. The van der Waals surface area contributed by atoms with Crippen LogP contribution in [-0.2, 0) is 0 Å². The fourth-order valence-corrected chi connectivity index (χ4v) is 0.306. The zero-order valence-electron chi connectivity index (χ0n) is 6.86. The second kappa shape index (κ2) is 2.27. The van der Waals surface area contributed by atoms with Gasteiger partial charge in [-0.25, -0.2) is 0 Å². The van der Waals surface area contributed by atoms with Gasteiger partial charge in [-0.2, -0.15) is 0 Å². The average Bonchev–Trinajstić information content (AvgIpc) is 1.64. The van der Waals surface area contributed by atoms with Crippen LogP contribution in [0.15, 0.2) is 0 Å². The number of hydrogen-bond donors (Lipinski definition) is 2. The zero-order valence-corrected chi connectivity index (χ0v) is 6.86. The molecule has 0 aromatic carbocycles. The Morgan fingerprint density at radius 1 is 1.11 bits per heavy atom. The topological polar surface area (TPSA) is 52.0 Å². The van der Waals surface area contributed by atoms with Crippen LogP contribution < -0.4 is 11.5 Å². The van der Waals surface area contributed by atoms with E-state index in [-0.39, 0.29) is 11.0 Å². The molecule has 0 saturated carbocycles. The quantitative estimate of drug-likeness (QED) is 0.549. The first kappa shape index (κ1) is 8.92. The van der Waals surface area contributed by atoms with Crippen LogP contribution in [0.3, 0.4) is 0 Å². The Kier molecular flexibility index (Phi) is 2.25. The van der Waals surface area contributed by atoms with Crippen LogP contribution in [0.4, 0.5) is 0 Å². The van der Waals surface area contributed by atoms with Crippen LogP contribution in [0.5, 0.6) is 0 Å². The van der Waals surface area contributed by atoms with Gasteiger partial charge in [0.25, 0.3) is 0 Å². The van der Waals surface area contributed by atoms with E-state index in [9.17, 15) is 0 Å². The highest BCUT2D eigenvalue weighted by molar-refractivity contribution is 4.91. The minimum absolute atomic E-state index is 0.0990. The highest BCUT2D eigenvalue weighted by Gasteiger charge is 2.31. The molecule has 0 saturated heterocycles. The SMILES string of the molecule is CC(C)(C)C(C)(N)CN. The molecule has 2 heteroatoms. The fraction of sp³-hybridized carbons (Fsp3) is 1.00. The van der Waals surface area contributed by atoms with E-state index in [4.69, 9.17) is 11.5 Å². The van der Waals surface area contributed by atoms with Crippen LogP contribution in [0.25, 0.3) is 0 Å². The lowest BCUT2D eigenvalue weighted by Gasteiger charge is -2.37. The molecule has 0 aliphatic carbocycles. The van der Waals surface area contributed by atoms with Crippen LogP contribution in [-0.4, -0.2) is 12.1 Å². The van der Waals surface area contributed by atoms with E-state index in [0.717, 1.165) is 0 Å². The lowest BCUT2D eigenvalue weighted by atomic mass is 9.76.